The minimum atomic E-state index is -0.00103. The summed E-state index contributed by atoms with van der Waals surface area (Å²) < 4.78 is 1.64. The first kappa shape index (κ1) is 20.6. The van der Waals surface area contributed by atoms with Gasteiger partial charge in [-0.05, 0) is 45.3 Å². The third-order valence-electron chi connectivity index (χ3n) is 5.85. The van der Waals surface area contributed by atoms with Crippen molar-refractivity contribution in [1.82, 2.24) is 29.4 Å². The van der Waals surface area contributed by atoms with Crippen LogP contribution in [0.3, 0.4) is 0 Å². The third-order valence-corrected chi connectivity index (χ3v) is 5.85. The predicted molar refractivity (Wildman–Crippen MR) is 108 cm³/mol. The molecule has 0 N–H and O–H groups in total. The monoisotopic (exact) mass is 390 g/mol. The molecule has 1 unspecified atom stereocenters. The standard InChI is InChI=1S/C20H34N6O2/c1-16-14-18(23(4)21-16)19(27)25-11-8-17(15-25)26(20(28)22(2)3)13-12-24-9-6-5-7-10-24/h14,17H,5-13,15H2,1-4H3. The molecule has 0 aliphatic carbocycles. The number of aromatic nitrogens is 2. The third kappa shape index (κ3) is 4.66. The van der Waals surface area contributed by atoms with E-state index in [9.17, 15) is 9.59 Å². The number of piperidine rings is 1. The molecule has 0 saturated carbocycles. The van der Waals surface area contributed by atoms with Gasteiger partial charge in [-0.1, -0.05) is 6.42 Å². The second kappa shape index (κ2) is 8.94. The van der Waals surface area contributed by atoms with E-state index >= 15 is 0 Å². The zero-order chi connectivity index (χ0) is 20.3. The van der Waals surface area contributed by atoms with E-state index in [-0.39, 0.29) is 18.0 Å². The van der Waals surface area contributed by atoms with Crippen LogP contribution in [0.5, 0.6) is 0 Å². The van der Waals surface area contributed by atoms with E-state index in [0.717, 1.165) is 31.7 Å². The summed E-state index contributed by atoms with van der Waals surface area (Å²) in [6, 6.07) is 1.93. The van der Waals surface area contributed by atoms with Gasteiger partial charge in [-0.25, -0.2) is 4.79 Å². The summed E-state index contributed by atoms with van der Waals surface area (Å²) in [5, 5.41) is 4.28. The number of carbonyl (C=O) groups is 2. The Bertz CT molecular complexity index is 695. The Balaban J connectivity index is 1.64. The molecule has 1 aromatic rings. The number of carbonyl (C=O) groups excluding carboxylic acids is 2. The van der Waals surface area contributed by atoms with Crippen molar-refractivity contribution in [3.8, 4) is 0 Å². The number of urea groups is 1. The fourth-order valence-electron chi connectivity index (χ4n) is 4.28. The molecule has 2 saturated heterocycles. The molecule has 3 amide bonds. The summed E-state index contributed by atoms with van der Waals surface area (Å²) in [5.41, 5.74) is 1.45. The summed E-state index contributed by atoms with van der Waals surface area (Å²) >= 11 is 0. The molecule has 0 radical (unpaired) electrons. The molecule has 3 rings (SSSR count). The van der Waals surface area contributed by atoms with Crippen molar-refractivity contribution >= 4 is 11.9 Å². The minimum Gasteiger partial charge on any atom is -0.335 e. The van der Waals surface area contributed by atoms with E-state index in [2.05, 4.69) is 10.00 Å². The lowest BCUT2D eigenvalue weighted by molar-refractivity contribution is 0.0763. The van der Waals surface area contributed by atoms with E-state index < -0.39 is 0 Å². The average molecular weight is 391 g/mol. The molecule has 2 aliphatic rings. The van der Waals surface area contributed by atoms with Crippen molar-refractivity contribution in [1.29, 1.82) is 0 Å². The second-order valence-corrected chi connectivity index (χ2v) is 8.26. The van der Waals surface area contributed by atoms with E-state index in [4.69, 9.17) is 0 Å². The first-order valence-electron chi connectivity index (χ1n) is 10.4. The van der Waals surface area contributed by atoms with Gasteiger partial charge in [0.1, 0.15) is 5.69 Å². The maximum atomic E-state index is 12.9. The summed E-state index contributed by atoms with van der Waals surface area (Å²) in [6.45, 7) is 7.02. The fraction of sp³-hybridized carbons (Fsp3) is 0.750. The quantitative estimate of drug-likeness (QED) is 0.763. The first-order valence-corrected chi connectivity index (χ1v) is 10.4. The van der Waals surface area contributed by atoms with Crippen molar-refractivity contribution in [3.63, 3.8) is 0 Å². The number of hydrogen-bond acceptors (Lipinski definition) is 4. The summed E-state index contributed by atoms with van der Waals surface area (Å²) in [7, 11) is 5.40. The number of aryl methyl sites for hydroxylation is 2. The van der Waals surface area contributed by atoms with Crippen molar-refractivity contribution in [2.75, 3.05) is 53.4 Å². The Labute approximate surface area is 168 Å². The zero-order valence-electron chi connectivity index (χ0n) is 17.7. The van der Waals surface area contributed by atoms with Gasteiger partial charge in [-0.15, -0.1) is 0 Å². The van der Waals surface area contributed by atoms with Crippen molar-refractivity contribution in [2.24, 2.45) is 7.05 Å². The lowest BCUT2D eigenvalue weighted by atomic mass is 10.1. The normalized spacial score (nSPS) is 20.4. The summed E-state index contributed by atoms with van der Waals surface area (Å²) in [6.07, 6.45) is 4.63. The molecule has 28 heavy (non-hydrogen) atoms. The zero-order valence-corrected chi connectivity index (χ0v) is 17.7. The molecule has 0 aromatic carbocycles. The molecule has 8 heteroatoms. The highest BCUT2D eigenvalue weighted by atomic mass is 16.2. The lowest BCUT2D eigenvalue weighted by Crippen LogP contribution is -2.50. The van der Waals surface area contributed by atoms with Crippen LogP contribution in [0.25, 0.3) is 0 Å². The van der Waals surface area contributed by atoms with Gasteiger partial charge in [0.15, 0.2) is 0 Å². The maximum Gasteiger partial charge on any atom is 0.319 e. The van der Waals surface area contributed by atoms with Crippen LogP contribution in [0, 0.1) is 6.92 Å². The molecule has 2 aliphatic heterocycles. The van der Waals surface area contributed by atoms with Gasteiger partial charge < -0.3 is 19.6 Å². The molecule has 1 aromatic heterocycles. The van der Waals surface area contributed by atoms with Gasteiger partial charge >= 0.3 is 6.03 Å². The van der Waals surface area contributed by atoms with Crippen LogP contribution in [0.1, 0.15) is 41.9 Å². The molecule has 2 fully saturated rings. The van der Waals surface area contributed by atoms with E-state index in [1.165, 1.54) is 19.3 Å². The fourth-order valence-corrected chi connectivity index (χ4v) is 4.28. The Kier molecular flexibility index (Phi) is 6.59. The van der Waals surface area contributed by atoms with Crippen molar-refractivity contribution in [2.45, 2.75) is 38.6 Å². The minimum absolute atomic E-state index is 0.00103. The van der Waals surface area contributed by atoms with Gasteiger partial charge in [-0.3, -0.25) is 9.48 Å². The smallest absolute Gasteiger partial charge is 0.319 e. The lowest BCUT2D eigenvalue weighted by Gasteiger charge is -2.34. The number of amides is 3. The van der Waals surface area contributed by atoms with Gasteiger partial charge in [0, 0.05) is 47.3 Å². The van der Waals surface area contributed by atoms with Gasteiger partial charge in [0.2, 0.25) is 0 Å². The Morgan fingerprint density at radius 2 is 1.89 bits per heavy atom. The summed E-state index contributed by atoms with van der Waals surface area (Å²) in [4.78, 5) is 33.6. The predicted octanol–water partition coefficient (Wildman–Crippen LogP) is 1.41. The van der Waals surface area contributed by atoms with Gasteiger partial charge in [0.25, 0.3) is 5.91 Å². The molecular formula is C20H34N6O2. The topological polar surface area (TPSA) is 64.9 Å². The molecule has 0 bridgehead atoms. The van der Waals surface area contributed by atoms with Crippen LogP contribution in [0.4, 0.5) is 4.79 Å². The van der Waals surface area contributed by atoms with Gasteiger partial charge in [0.05, 0.1) is 11.7 Å². The van der Waals surface area contributed by atoms with Crippen molar-refractivity contribution in [3.05, 3.63) is 17.5 Å². The highest BCUT2D eigenvalue weighted by Gasteiger charge is 2.34. The van der Waals surface area contributed by atoms with Crippen molar-refractivity contribution < 1.29 is 9.59 Å². The van der Waals surface area contributed by atoms with E-state index in [1.807, 2.05) is 22.8 Å². The second-order valence-electron chi connectivity index (χ2n) is 8.26. The number of hydrogen-bond donors (Lipinski definition) is 0. The van der Waals surface area contributed by atoms with Crippen LogP contribution in [-0.4, -0.2) is 101 Å². The molecule has 3 heterocycles. The van der Waals surface area contributed by atoms with Crippen LogP contribution in [0.15, 0.2) is 6.07 Å². The highest BCUT2D eigenvalue weighted by Crippen LogP contribution is 2.20. The Hall–Kier alpha value is -2.09. The largest absolute Gasteiger partial charge is 0.335 e. The highest BCUT2D eigenvalue weighted by molar-refractivity contribution is 5.93. The number of likely N-dealkylation sites (tertiary alicyclic amines) is 2. The van der Waals surface area contributed by atoms with Gasteiger partial charge in [-0.2, -0.15) is 5.10 Å². The van der Waals surface area contributed by atoms with Crippen LogP contribution < -0.4 is 0 Å². The maximum absolute atomic E-state index is 12.9. The molecule has 1 atom stereocenters. The summed E-state index contributed by atoms with van der Waals surface area (Å²) in [5.74, 6) is -0.00103. The number of rotatable bonds is 5. The Morgan fingerprint density at radius 3 is 2.50 bits per heavy atom. The Morgan fingerprint density at radius 1 is 1.18 bits per heavy atom. The van der Waals surface area contributed by atoms with E-state index in [1.54, 1.807) is 30.7 Å². The molecule has 156 valence electrons. The molecule has 8 nitrogen and oxygen atoms in total. The van der Waals surface area contributed by atoms with Crippen LogP contribution in [-0.2, 0) is 7.05 Å². The van der Waals surface area contributed by atoms with Crippen LogP contribution in [0.2, 0.25) is 0 Å². The first-order chi connectivity index (χ1) is 13.4. The SMILES string of the molecule is Cc1cc(C(=O)N2CCC(N(CCN3CCCCC3)C(=O)N(C)C)C2)n(C)n1. The molecule has 0 spiro atoms. The van der Waals surface area contributed by atoms with Crippen LogP contribution >= 0.6 is 0 Å². The number of nitrogens with zero attached hydrogens (tertiary/aromatic N) is 6. The van der Waals surface area contributed by atoms with E-state index in [0.29, 0.717) is 25.3 Å². The average Bonchev–Trinajstić information content (AvgIpc) is 3.28. The molecular weight excluding hydrogens is 356 g/mol.